The molecule has 1 aromatic carbocycles. The van der Waals surface area contributed by atoms with Crippen LogP contribution in [-0.2, 0) is 6.54 Å². The second kappa shape index (κ2) is 7.18. The lowest BCUT2D eigenvalue weighted by atomic mass is 9.89. The van der Waals surface area contributed by atoms with Gasteiger partial charge in [0.1, 0.15) is 0 Å². The zero-order valence-electron chi connectivity index (χ0n) is 16.0. The van der Waals surface area contributed by atoms with Crippen molar-refractivity contribution in [1.82, 2.24) is 18.7 Å². The number of hydrogen-bond donors (Lipinski definition) is 0. The largest absolute Gasteiger partial charge is 0.350 e. The number of fused-ring (bicyclic) bond motifs is 1. The van der Waals surface area contributed by atoms with Crippen LogP contribution in [0.1, 0.15) is 57.4 Å². The fourth-order valence-electron chi connectivity index (χ4n) is 3.97. The van der Waals surface area contributed by atoms with Crippen LogP contribution in [0.3, 0.4) is 0 Å². The van der Waals surface area contributed by atoms with E-state index in [0.29, 0.717) is 18.4 Å². The first kappa shape index (κ1) is 17.8. The van der Waals surface area contributed by atoms with E-state index in [0.717, 1.165) is 18.5 Å². The maximum atomic E-state index is 12.9. The van der Waals surface area contributed by atoms with Gasteiger partial charge in [-0.3, -0.25) is 9.36 Å². The average molecular weight is 366 g/mol. The van der Waals surface area contributed by atoms with Crippen LogP contribution in [0.25, 0.3) is 11.3 Å². The predicted molar refractivity (Wildman–Crippen MR) is 106 cm³/mol. The van der Waals surface area contributed by atoms with Gasteiger partial charge in [0.25, 0.3) is 0 Å². The minimum absolute atomic E-state index is 0.186. The van der Waals surface area contributed by atoms with Crippen molar-refractivity contribution in [3.8, 4) is 5.69 Å². The quantitative estimate of drug-likeness (QED) is 0.711. The van der Waals surface area contributed by atoms with Crippen LogP contribution in [-0.4, -0.2) is 18.7 Å². The minimum atomic E-state index is -0.269. The third kappa shape index (κ3) is 3.36. The Labute approximate surface area is 158 Å². The van der Waals surface area contributed by atoms with Gasteiger partial charge in [0.15, 0.2) is 0 Å². The first-order valence-electron chi connectivity index (χ1n) is 9.86. The molecule has 4 rings (SSSR count). The first-order chi connectivity index (χ1) is 13.0. The summed E-state index contributed by atoms with van der Waals surface area (Å²) < 4.78 is 4.39. The van der Waals surface area contributed by atoms with Gasteiger partial charge in [-0.25, -0.2) is 13.9 Å². The smallest absolute Gasteiger partial charge is 0.280 e. The molecule has 1 aliphatic carbocycles. The van der Waals surface area contributed by atoms with Crippen LogP contribution in [0, 0.1) is 5.92 Å². The van der Waals surface area contributed by atoms with E-state index >= 15 is 0 Å². The molecule has 142 valence electrons. The lowest BCUT2D eigenvalue weighted by Crippen LogP contribution is -2.26. The van der Waals surface area contributed by atoms with E-state index in [2.05, 4.69) is 18.9 Å². The number of hydrogen-bond acceptors (Lipinski definition) is 3. The highest BCUT2D eigenvalue weighted by Gasteiger charge is 2.18. The van der Waals surface area contributed by atoms with Crippen LogP contribution < -0.4 is 11.2 Å². The summed E-state index contributed by atoms with van der Waals surface area (Å²) in [6.07, 6.45) is 9.25. The van der Waals surface area contributed by atoms with Gasteiger partial charge >= 0.3 is 11.2 Å². The maximum Gasteiger partial charge on any atom is 0.350 e. The molecule has 2 aromatic heterocycles. The zero-order chi connectivity index (χ0) is 19.0. The van der Waals surface area contributed by atoms with Gasteiger partial charge in [0.05, 0.1) is 0 Å². The minimum Gasteiger partial charge on any atom is -0.280 e. The van der Waals surface area contributed by atoms with Crippen molar-refractivity contribution in [3.05, 3.63) is 63.1 Å². The van der Waals surface area contributed by atoms with E-state index < -0.39 is 0 Å². The van der Waals surface area contributed by atoms with Gasteiger partial charge in [0.2, 0.25) is 5.65 Å². The Morgan fingerprint density at radius 3 is 2.41 bits per heavy atom. The van der Waals surface area contributed by atoms with E-state index in [1.165, 1.54) is 33.9 Å². The monoisotopic (exact) mass is 366 g/mol. The molecule has 6 heteroatoms. The third-order valence-corrected chi connectivity index (χ3v) is 5.64. The third-order valence-electron chi connectivity index (χ3n) is 5.64. The van der Waals surface area contributed by atoms with Crippen LogP contribution in [0.15, 0.2) is 46.2 Å². The Kier molecular flexibility index (Phi) is 4.72. The Balaban J connectivity index is 1.71. The maximum absolute atomic E-state index is 12.9. The van der Waals surface area contributed by atoms with Gasteiger partial charge in [-0.15, -0.1) is 5.10 Å². The highest BCUT2D eigenvalue weighted by Crippen LogP contribution is 2.24. The van der Waals surface area contributed by atoms with E-state index in [9.17, 15) is 9.59 Å². The average Bonchev–Trinajstić information content (AvgIpc) is 3.00. The van der Waals surface area contributed by atoms with E-state index in [1.807, 2.05) is 24.3 Å². The molecular formula is C21H26N4O2. The molecule has 0 aliphatic heterocycles. The Bertz CT molecular complexity index is 1050. The molecule has 0 amide bonds. The van der Waals surface area contributed by atoms with Crippen LogP contribution >= 0.6 is 0 Å². The van der Waals surface area contributed by atoms with Crippen molar-refractivity contribution in [2.45, 2.75) is 58.4 Å². The summed E-state index contributed by atoms with van der Waals surface area (Å²) in [6, 6.07) is 7.93. The molecular weight excluding hydrogens is 340 g/mol. The molecule has 2 heterocycles. The van der Waals surface area contributed by atoms with Gasteiger partial charge < -0.3 is 0 Å². The Morgan fingerprint density at radius 1 is 1.04 bits per heavy atom. The fraction of sp³-hybridized carbons (Fsp3) is 0.476. The van der Waals surface area contributed by atoms with Crippen LogP contribution in [0.5, 0.6) is 0 Å². The van der Waals surface area contributed by atoms with Gasteiger partial charge in [0, 0.05) is 24.6 Å². The lowest BCUT2D eigenvalue weighted by molar-refractivity contribution is 0.304. The molecule has 0 atom stereocenters. The summed E-state index contributed by atoms with van der Waals surface area (Å²) in [5, 5.41) is 4.37. The molecule has 6 nitrogen and oxygen atoms in total. The van der Waals surface area contributed by atoms with Crippen molar-refractivity contribution in [2.24, 2.45) is 5.92 Å². The number of nitrogens with zero attached hydrogens (tertiary/aromatic N) is 4. The molecule has 3 aromatic rings. The normalized spacial score (nSPS) is 15.7. The molecule has 0 bridgehead atoms. The number of rotatable bonds is 4. The van der Waals surface area contributed by atoms with Crippen LogP contribution in [0.2, 0.25) is 0 Å². The molecule has 27 heavy (non-hydrogen) atoms. The summed E-state index contributed by atoms with van der Waals surface area (Å²) in [4.78, 5) is 25.6. The predicted octanol–water partition coefficient (Wildman–Crippen LogP) is 3.35. The lowest BCUT2D eigenvalue weighted by Gasteiger charge is -2.20. The van der Waals surface area contributed by atoms with E-state index in [4.69, 9.17) is 0 Å². The van der Waals surface area contributed by atoms with Gasteiger partial charge in [-0.05, 0) is 42.4 Å². The van der Waals surface area contributed by atoms with Crippen LogP contribution in [0.4, 0.5) is 0 Å². The van der Waals surface area contributed by atoms with Crippen molar-refractivity contribution in [3.63, 3.8) is 0 Å². The van der Waals surface area contributed by atoms with Gasteiger partial charge in [-0.1, -0.05) is 45.2 Å². The molecule has 1 aliphatic rings. The van der Waals surface area contributed by atoms with Crippen molar-refractivity contribution < 1.29 is 0 Å². The zero-order valence-corrected chi connectivity index (χ0v) is 16.0. The van der Waals surface area contributed by atoms with Gasteiger partial charge in [-0.2, -0.15) is 0 Å². The molecule has 1 saturated carbocycles. The van der Waals surface area contributed by atoms with Crippen molar-refractivity contribution >= 4 is 5.65 Å². The molecule has 0 N–H and O–H groups in total. The summed E-state index contributed by atoms with van der Waals surface area (Å²) in [6.45, 7) is 4.88. The van der Waals surface area contributed by atoms with E-state index in [-0.39, 0.29) is 16.9 Å². The van der Waals surface area contributed by atoms with Crippen molar-refractivity contribution in [2.75, 3.05) is 0 Å². The molecule has 0 spiro atoms. The standard InChI is InChI=1S/C21H26N4O2/c1-15(2)17-8-10-18(11-9-17)23-12-13-24-19(20(23)26)22-25(21(24)27)14-16-6-4-3-5-7-16/h8-13,15-16H,3-7,14H2,1-2H3. The Morgan fingerprint density at radius 2 is 1.74 bits per heavy atom. The highest BCUT2D eigenvalue weighted by molar-refractivity contribution is 5.41. The highest BCUT2D eigenvalue weighted by atomic mass is 16.2. The second-order valence-corrected chi connectivity index (χ2v) is 7.88. The summed E-state index contributed by atoms with van der Waals surface area (Å²) in [7, 11) is 0. The number of aromatic nitrogens is 4. The first-order valence-corrected chi connectivity index (χ1v) is 9.86. The molecule has 1 fully saturated rings. The SMILES string of the molecule is CC(C)c1ccc(-n2ccn3c(=O)n(CC4CCCCC4)nc3c2=O)cc1. The van der Waals surface area contributed by atoms with Crippen molar-refractivity contribution in [1.29, 1.82) is 0 Å². The fourth-order valence-corrected chi connectivity index (χ4v) is 3.97. The second-order valence-electron chi connectivity index (χ2n) is 7.88. The molecule has 0 unspecified atom stereocenters. The molecule has 0 radical (unpaired) electrons. The Hall–Kier alpha value is -2.63. The summed E-state index contributed by atoms with van der Waals surface area (Å²) in [5.41, 5.74) is 1.69. The molecule has 0 saturated heterocycles. The van der Waals surface area contributed by atoms with E-state index in [1.54, 1.807) is 17.0 Å². The topological polar surface area (TPSA) is 61.3 Å². The number of benzene rings is 1. The summed E-state index contributed by atoms with van der Waals surface area (Å²) >= 11 is 0. The summed E-state index contributed by atoms with van der Waals surface area (Å²) in [5.74, 6) is 0.916.